The van der Waals surface area contributed by atoms with E-state index in [4.69, 9.17) is 0 Å². The third kappa shape index (κ3) is 2.13. The molecule has 0 radical (unpaired) electrons. The van der Waals surface area contributed by atoms with Crippen LogP contribution in [0.15, 0.2) is 11.6 Å². The number of hydrogen-bond donors (Lipinski definition) is 1. The van der Waals surface area contributed by atoms with Crippen molar-refractivity contribution in [3.8, 4) is 0 Å². The molecule has 6 atom stereocenters. The second-order valence-corrected chi connectivity index (χ2v) is 9.27. The zero-order valence-corrected chi connectivity index (χ0v) is 15.0. The van der Waals surface area contributed by atoms with Crippen LogP contribution in [0.25, 0.3) is 0 Å². The van der Waals surface area contributed by atoms with E-state index in [9.17, 15) is 14.7 Å². The van der Waals surface area contributed by atoms with Crippen molar-refractivity contribution in [2.75, 3.05) is 6.61 Å². The minimum Gasteiger partial charge on any atom is -0.389 e. The van der Waals surface area contributed by atoms with Crippen LogP contribution in [0.4, 0.5) is 0 Å². The van der Waals surface area contributed by atoms with Gasteiger partial charge in [-0.2, -0.15) is 0 Å². The van der Waals surface area contributed by atoms with Gasteiger partial charge in [-0.3, -0.25) is 9.59 Å². The van der Waals surface area contributed by atoms with Crippen LogP contribution in [0.1, 0.15) is 65.2 Å². The van der Waals surface area contributed by atoms with Gasteiger partial charge in [-0.15, -0.1) is 0 Å². The predicted octanol–water partition coefficient (Wildman–Crippen LogP) is 3.70. The lowest BCUT2D eigenvalue weighted by atomic mass is 9.46. The van der Waals surface area contributed by atoms with Crippen LogP contribution in [-0.2, 0) is 9.59 Å². The highest BCUT2D eigenvalue weighted by atomic mass is 16.3. The van der Waals surface area contributed by atoms with Crippen LogP contribution in [0.5, 0.6) is 0 Å². The van der Waals surface area contributed by atoms with E-state index in [0.717, 1.165) is 32.1 Å². The second kappa shape index (κ2) is 5.52. The molecule has 0 unspecified atom stereocenters. The van der Waals surface area contributed by atoms with E-state index in [-0.39, 0.29) is 29.1 Å². The summed E-state index contributed by atoms with van der Waals surface area (Å²) < 4.78 is 0. The van der Waals surface area contributed by atoms with E-state index in [1.54, 1.807) is 0 Å². The molecule has 0 heterocycles. The highest BCUT2D eigenvalue weighted by molar-refractivity contribution is 5.91. The molecule has 3 saturated carbocycles. The highest BCUT2D eigenvalue weighted by Crippen LogP contribution is 2.66. The first-order chi connectivity index (χ1) is 11.4. The van der Waals surface area contributed by atoms with Gasteiger partial charge in [0.05, 0.1) is 0 Å². The number of fused-ring (bicyclic) bond motifs is 5. The van der Waals surface area contributed by atoms with Crippen molar-refractivity contribution in [2.24, 2.45) is 34.5 Å². The zero-order chi connectivity index (χ0) is 17.1. The molecule has 0 aromatic rings. The van der Waals surface area contributed by atoms with E-state index in [1.807, 2.05) is 6.08 Å². The molecule has 0 aromatic carbocycles. The van der Waals surface area contributed by atoms with E-state index in [1.165, 1.54) is 18.4 Å². The first-order valence-electron chi connectivity index (χ1n) is 9.77. The van der Waals surface area contributed by atoms with Crippen LogP contribution in [0.2, 0.25) is 0 Å². The molecule has 4 aliphatic rings. The topological polar surface area (TPSA) is 54.4 Å². The van der Waals surface area contributed by atoms with E-state index in [2.05, 4.69) is 13.8 Å². The number of allylic oxidation sites excluding steroid dienone is 1. The second-order valence-electron chi connectivity index (χ2n) is 9.27. The van der Waals surface area contributed by atoms with Gasteiger partial charge < -0.3 is 5.11 Å². The Morgan fingerprint density at radius 3 is 2.67 bits per heavy atom. The number of hydrogen-bond acceptors (Lipinski definition) is 3. The minimum absolute atomic E-state index is 0.0596. The third-order valence-corrected chi connectivity index (χ3v) is 8.51. The molecule has 1 N–H and O–H groups in total. The molecule has 132 valence electrons. The first kappa shape index (κ1) is 16.5. The fraction of sp³-hybridized carbons (Fsp3) is 0.810. The number of ketones is 2. The van der Waals surface area contributed by atoms with Gasteiger partial charge in [0, 0.05) is 12.3 Å². The number of Topliss-reactive ketones (excluding diaryl/α,β-unsaturated/α-hetero) is 1. The summed E-state index contributed by atoms with van der Waals surface area (Å²) in [6, 6.07) is 0. The average Bonchev–Trinajstić information content (AvgIpc) is 2.92. The van der Waals surface area contributed by atoms with Gasteiger partial charge in [0.15, 0.2) is 11.6 Å². The maximum atomic E-state index is 12.3. The molecule has 3 nitrogen and oxygen atoms in total. The maximum Gasteiger partial charge on any atom is 0.161 e. The van der Waals surface area contributed by atoms with E-state index >= 15 is 0 Å². The van der Waals surface area contributed by atoms with Crippen molar-refractivity contribution in [1.29, 1.82) is 0 Å². The summed E-state index contributed by atoms with van der Waals surface area (Å²) in [4.78, 5) is 24.1. The number of aliphatic hydroxyl groups excluding tert-OH is 1. The monoisotopic (exact) mass is 330 g/mol. The van der Waals surface area contributed by atoms with Crippen LogP contribution in [0, 0.1) is 34.5 Å². The van der Waals surface area contributed by atoms with Gasteiger partial charge in [-0.05, 0) is 79.6 Å². The molecule has 0 bridgehead atoms. The Morgan fingerprint density at radius 2 is 1.92 bits per heavy atom. The van der Waals surface area contributed by atoms with Gasteiger partial charge in [-0.25, -0.2) is 0 Å². The Kier molecular flexibility index (Phi) is 3.80. The Labute approximate surface area is 144 Å². The largest absolute Gasteiger partial charge is 0.389 e. The SMILES string of the molecule is C[C@]12CC[C@H]3[C@@H](CCC4=CC(=O)CC[C@@]43C)[C@@H]1CC[C@H]2C(=O)CO. The summed E-state index contributed by atoms with van der Waals surface area (Å²) in [5.74, 6) is 2.42. The smallest absolute Gasteiger partial charge is 0.161 e. The molecule has 24 heavy (non-hydrogen) atoms. The molecular weight excluding hydrogens is 300 g/mol. The summed E-state index contributed by atoms with van der Waals surface area (Å²) in [6.45, 7) is 4.42. The van der Waals surface area contributed by atoms with Crippen molar-refractivity contribution in [3.63, 3.8) is 0 Å². The summed E-state index contributed by atoms with van der Waals surface area (Å²) in [5, 5.41) is 9.36. The Morgan fingerprint density at radius 1 is 1.12 bits per heavy atom. The van der Waals surface area contributed by atoms with Crippen molar-refractivity contribution >= 4 is 11.6 Å². The van der Waals surface area contributed by atoms with E-state index < -0.39 is 0 Å². The molecule has 0 spiro atoms. The molecule has 3 heteroatoms. The summed E-state index contributed by atoms with van der Waals surface area (Å²) >= 11 is 0. The van der Waals surface area contributed by atoms with Crippen LogP contribution in [-0.4, -0.2) is 23.3 Å². The molecule has 3 fully saturated rings. The molecule has 0 aliphatic heterocycles. The highest BCUT2D eigenvalue weighted by Gasteiger charge is 2.59. The van der Waals surface area contributed by atoms with Gasteiger partial charge in [0.25, 0.3) is 0 Å². The van der Waals surface area contributed by atoms with Gasteiger partial charge in [0.1, 0.15) is 6.61 Å². The predicted molar refractivity (Wildman–Crippen MR) is 92.3 cm³/mol. The number of rotatable bonds is 2. The lowest BCUT2D eigenvalue weighted by Gasteiger charge is -2.58. The fourth-order valence-electron chi connectivity index (χ4n) is 7.20. The lowest BCUT2D eigenvalue weighted by Crippen LogP contribution is -2.51. The number of carbonyl (C=O) groups is 2. The summed E-state index contributed by atoms with van der Waals surface area (Å²) in [5.41, 5.74) is 1.70. The van der Waals surface area contributed by atoms with Crippen molar-refractivity contribution in [3.05, 3.63) is 11.6 Å². The van der Waals surface area contributed by atoms with E-state index in [0.29, 0.717) is 30.0 Å². The summed E-state index contributed by atoms with van der Waals surface area (Å²) in [6.07, 6.45) is 10.3. The fourth-order valence-corrected chi connectivity index (χ4v) is 7.20. The van der Waals surface area contributed by atoms with Crippen LogP contribution in [0.3, 0.4) is 0 Å². The maximum absolute atomic E-state index is 12.3. The van der Waals surface area contributed by atoms with Crippen molar-refractivity contribution in [2.45, 2.75) is 65.2 Å². The normalized spacial score (nSPS) is 47.5. The zero-order valence-electron chi connectivity index (χ0n) is 15.0. The van der Waals surface area contributed by atoms with Crippen LogP contribution < -0.4 is 0 Å². The van der Waals surface area contributed by atoms with Crippen molar-refractivity contribution < 1.29 is 14.7 Å². The minimum atomic E-state index is -0.298. The number of aliphatic hydroxyl groups is 1. The Hall–Kier alpha value is -0.960. The third-order valence-electron chi connectivity index (χ3n) is 8.51. The standard InChI is InChI=1S/C21H30O3/c1-20-9-7-14(23)11-13(20)3-4-15-16-5-6-18(19(24)12-22)21(16,2)10-8-17(15)20/h11,15-18,22H,3-10,12H2,1-2H3/t15-,16-,17-,18-,20-,21-/m0/s1. The van der Waals surface area contributed by atoms with Crippen molar-refractivity contribution in [1.82, 2.24) is 0 Å². The lowest BCUT2D eigenvalue weighted by molar-refractivity contribution is -0.133. The Bertz CT molecular complexity index is 606. The molecule has 4 rings (SSSR count). The van der Waals surface area contributed by atoms with Gasteiger partial charge in [0.2, 0.25) is 0 Å². The molecule has 4 aliphatic carbocycles. The number of carbonyl (C=O) groups excluding carboxylic acids is 2. The van der Waals surface area contributed by atoms with Gasteiger partial charge >= 0.3 is 0 Å². The van der Waals surface area contributed by atoms with Gasteiger partial charge in [-0.1, -0.05) is 19.4 Å². The first-order valence-corrected chi connectivity index (χ1v) is 9.77. The average molecular weight is 330 g/mol. The molecule has 0 aromatic heterocycles. The molecule has 0 amide bonds. The quantitative estimate of drug-likeness (QED) is 0.840. The van der Waals surface area contributed by atoms with Crippen LogP contribution >= 0.6 is 0 Å². The Balaban J connectivity index is 1.65. The molecule has 0 saturated heterocycles. The summed E-state index contributed by atoms with van der Waals surface area (Å²) in [7, 11) is 0. The molecular formula is C21H30O3.